The summed E-state index contributed by atoms with van der Waals surface area (Å²) in [6.07, 6.45) is 8.33. The van der Waals surface area contributed by atoms with Crippen molar-refractivity contribution in [3.63, 3.8) is 0 Å². The number of hydrogen-bond donors (Lipinski definition) is 0. The van der Waals surface area contributed by atoms with E-state index in [1.54, 1.807) is 35.2 Å². The Morgan fingerprint density at radius 2 is 2.38 bits per heavy atom. The van der Waals surface area contributed by atoms with Crippen molar-refractivity contribution in [3.05, 3.63) is 36.7 Å². The van der Waals surface area contributed by atoms with Crippen LogP contribution in [-0.2, 0) is 13.6 Å². The molecule has 2 aromatic rings. The van der Waals surface area contributed by atoms with E-state index in [9.17, 15) is 4.79 Å². The molecule has 0 aliphatic carbocycles. The van der Waals surface area contributed by atoms with E-state index in [1.165, 1.54) is 10.9 Å². The number of amides is 1. The third-order valence-corrected chi connectivity index (χ3v) is 2.23. The van der Waals surface area contributed by atoms with Crippen LogP contribution >= 0.6 is 0 Å². The highest BCUT2D eigenvalue weighted by atomic mass is 16.2. The highest BCUT2D eigenvalue weighted by Gasteiger charge is 2.11. The van der Waals surface area contributed by atoms with Gasteiger partial charge in [-0.05, 0) is 0 Å². The normalized spacial score (nSPS) is 10.4. The highest BCUT2D eigenvalue weighted by Crippen LogP contribution is 2.03. The Kier molecular flexibility index (Phi) is 2.72. The predicted molar refractivity (Wildman–Crippen MR) is 57.7 cm³/mol. The second-order valence-corrected chi connectivity index (χ2v) is 3.63. The van der Waals surface area contributed by atoms with Crippen molar-refractivity contribution in [1.82, 2.24) is 24.2 Å². The quantitative estimate of drug-likeness (QED) is 0.747. The second kappa shape index (κ2) is 4.18. The first-order chi connectivity index (χ1) is 7.66. The zero-order valence-electron chi connectivity index (χ0n) is 9.24. The number of nitrogens with zero attached hydrogens (tertiary/aromatic N) is 5. The summed E-state index contributed by atoms with van der Waals surface area (Å²) in [7, 11) is 3.59. The van der Waals surface area contributed by atoms with E-state index in [1.807, 2.05) is 13.2 Å². The van der Waals surface area contributed by atoms with Gasteiger partial charge in [-0.3, -0.25) is 9.25 Å². The Morgan fingerprint density at radius 3 is 2.94 bits per heavy atom. The van der Waals surface area contributed by atoms with Gasteiger partial charge in [0.15, 0.2) is 0 Å². The number of carbonyl (C=O) groups is 1. The molecule has 0 saturated heterocycles. The van der Waals surface area contributed by atoms with Gasteiger partial charge in [0.1, 0.15) is 6.33 Å². The molecule has 84 valence electrons. The van der Waals surface area contributed by atoms with Crippen molar-refractivity contribution in [1.29, 1.82) is 0 Å². The summed E-state index contributed by atoms with van der Waals surface area (Å²) in [6.45, 7) is 0.533. The fraction of sp³-hybridized carbons (Fsp3) is 0.300. The molecule has 1 amide bonds. The standard InChI is InChI=1S/C10H13N5O/c1-13(6-9-5-12-14(2)7-9)10(16)15-4-3-11-8-15/h3-5,7-8H,6H2,1-2H3. The van der Waals surface area contributed by atoms with Crippen LogP contribution in [0.1, 0.15) is 5.56 Å². The third-order valence-electron chi connectivity index (χ3n) is 2.23. The van der Waals surface area contributed by atoms with Crippen LogP contribution in [0.25, 0.3) is 0 Å². The summed E-state index contributed by atoms with van der Waals surface area (Å²) >= 11 is 0. The van der Waals surface area contributed by atoms with E-state index in [4.69, 9.17) is 0 Å². The summed E-state index contributed by atoms with van der Waals surface area (Å²) in [6, 6.07) is -0.110. The number of hydrogen-bond acceptors (Lipinski definition) is 3. The molecule has 16 heavy (non-hydrogen) atoms. The summed E-state index contributed by atoms with van der Waals surface area (Å²) in [4.78, 5) is 17.3. The Bertz CT molecular complexity index is 473. The van der Waals surface area contributed by atoms with E-state index in [2.05, 4.69) is 10.1 Å². The largest absolute Gasteiger partial charge is 0.329 e. The van der Waals surface area contributed by atoms with Crippen molar-refractivity contribution in [2.24, 2.45) is 7.05 Å². The smallest absolute Gasteiger partial charge is 0.323 e. The van der Waals surface area contributed by atoms with Gasteiger partial charge in [-0.15, -0.1) is 0 Å². The average Bonchev–Trinajstić information content (AvgIpc) is 2.88. The number of aryl methyl sites for hydroxylation is 1. The highest BCUT2D eigenvalue weighted by molar-refractivity contribution is 5.76. The van der Waals surface area contributed by atoms with E-state index < -0.39 is 0 Å². The Hall–Kier alpha value is -2.11. The molecule has 0 saturated carbocycles. The first kappa shape index (κ1) is 10.4. The monoisotopic (exact) mass is 219 g/mol. The average molecular weight is 219 g/mol. The van der Waals surface area contributed by atoms with Crippen LogP contribution in [0.5, 0.6) is 0 Å². The van der Waals surface area contributed by atoms with Gasteiger partial charge < -0.3 is 4.90 Å². The predicted octanol–water partition coefficient (Wildman–Crippen LogP) is 0.717. The first-order valence-corrected chi connectivity index (χ1v) is 4.88. The molecule has 0 radical (unpaired) electrons. The van der Waals surface area contributed by atoms with E-state index >= 15 is 0 Å². The van der Waals surface area contributed by atoms with E-state index in [-0.39, 0.29) is 6.03 Å². The van der Waals surface area contributed by atoms with Gasteiger partial charge in [0.2, 0.25) is 0 Å². The third kappa shape index (κ3) is 2.10. The SMILES string of the molecule is CN(Cc1cnn(C)c1)C(=O)n1ccnc1. The Morgan fingerprint density at radius 1 is 1.56 bits per heavy atom. The lowest BCUT2D eigenvalue weighted by Gasteiger charge is -2.15. The molecule has 2 aromatic heterocycles. The molecule has 0 aliphatic rings. The lowest BCUT2D eigenvalue weighted by atomic mass is 10.3. The first-order valence-electron chi connectivity index (χ1n) is 4.88. The fourth-order valence-electron chi connectivity index (χ4n) is 1.46. The zero-order valence-corrected chi connectivity index (χ0v) is 9.24. The van der Waals surface area contributed by atoms with Gasteiger partial charge in [0.25, 0.3) is 0 Å². The van der Waals surface area contributed by atoms with Gasteiger partial charge in [-0.25, -0.2) is 9.78 Å². The molecule has 6 heteroatoms. The van der Waals surface area contributed by atoms with Crippen LogP contribution < -0.4 is 0 Å². The molecule has 2 heterocycles. The van der Waals surface area contributed by atoms with Gasteiger partial charge in [-0.1, -0.05) is 0 Å². The van der Waals surface area contributed by atoms with Crippen LogP contribution in [-0.4, -0.2) is 37.3 Å². The summed E-state index contributed by atoms with van der Waals surface area (Å²) in [5.41, 5.74) is 0.999. The molecule has 0 atom stereocenters. The lowest BCUT2D eigenvalue weighted by molar-refractivity contribution is 0.208. The second-order valence-electron chi connectivity index (χ2n) is 3.63. The van der Waals surface area contributed by atoms with E-state index in [0.717, 1.165) is 5.56 Å². The van der Waals surface area contributed by atoms with Gasteiger partial charge in [0, 0.05) is 38.2 Å². The minimum atomic E-state index is -0.110. The van der Waals surface area contributed by atoms with Crippen LogP contribution in [0.4, 0.5) is 4.79 Å². The molecule has 0 fully saturated rings. The zero-order chi connectivity index (χ0) is 11.5. The maximum absolute atomic E-state index is 11.8. The van der Waals surface area contributed by atoms with Gasteiger partial charge in [0.05, 0.1) is 12.7 Å². The minimum absolute atomic E-state index is 0.110. The minimum Gasteiger partial charge on any atom is -0.323 e. The summed E-state index contributed by atoms with van der Waals surface area (Å²) < 4.78 is 3.15. The van der Waals surface area contributed by atoms with Crippen LogP contribution in [0.15, 0.2) is 31.1 Å². The van der Waals surface area contributed by atoms with Crippen molar-refractivity contribution in [2.45, 2.75) is 6.54 Å². The molecule has 0 spiro atoms. The fourth-order valence-corrected chi connectivity index (χ4v) is 1.46. The summed E-state index contributed by atoms with van der Waals surface area (Å²) in [5.74, 6) is 0. The maximum Gasteiger partial charge on any atom is 0.329 e. The van der Waals surface area contributed by atoms with Crippen LogP contribution in [0.3, 0.4) is 0 Å². The van der Waals surface area contributed by atoms with Crippen molar-refractivity contribution in [3.8, 4) is 0 Å². The van der Waals surface area contributed by atoms with Crippen LogP contribution in [0.2, 0.25) is 0 Å². The lowest BCUT2D eigenvalue weighted by Crippen LogP contribution is -2.29. The van der Waals surface area contributed by atoms with Crippen LogP contribution in [0, 0.1) is 0 Å². The molecule has 0 unspecified atom stereocenters. The molecule has 2 rings (SSSR count). The molecular formula is C10H13N5O. The van der Waals surface area contributed by atoms with Crippen molar-refractivity contribution in [2.75, 3.05) is 7.05 Å². The Labute approximate surface area is 93.1 Å². The maximum atomic E-state index is 11.8. The van der Waals surface area contributed by atoms with Gasteiger partial charge >= 0.3 is 6.03 Å². The molecule has 0 aliphatic heterocycles. The molecule has 6 nitrogen and oxygen atoms in total. The molecular weight excluding hydrogens is 206 g/mol. The number of carbonyl (C=O) groups excluding carboxylic acids is 1. The van der Waals surface area contributed by atoms with Crippen molar-refractivity contribution >= 4 is 6.03 Å². The van der Waals surface area contributed by atoms with Crippen molar-refractivity contribution < 1.29 is 4.79 Å². The topological polar surface area (TPSA) is 56.0 Å². The Balaban J connectivity index is 2.03. The molecule has 0 N–H and O–H groups in total. The molecule has 0 aromatic carbocycles. The van der Waals surface area contributed by atoms with Gasteiger partial charge in [-0.2, -0.15) is 5.10 Å². The molecule has 0 bridgehead atoms. The van der Waals surface area contributed by atoms with E-state index in [0.29, 0.717) is 6.54 Å². The number of rotatable bonds is 2. The summed E-state index contributed by atoms with van der Waals surface area (Å²) in [5, 5.41) is 4.05. The number of imidazole rings is 1. The number of aromatic nitrogens is 4.